The van der Waals surface area contributed by atoms with Crippen LogP contribution in [0.2, 0.25) is 5.02 Å². The van der Waals surface area contributed by atoms with Crippen molar-refractivity contribution >= 4 is 33.2 Å². The summed E-state index contributed by atoms with van der Waals surface area (Å²) in [5.74, 6) is -0.278. The topological polar surface area (TPSA) is 93.1 Å². The van der Waals surface area contributed by atoms with Crippen LogP contribution in [-0.4, -0.2) is 30.7 Å². The van der Waals surface area contributed by atoms with E-state index in [4.69, 9.17) is 11.6 Å². The van der Waals surface area contributed by atoms with Crippen LogP contribution in [0.25, 0.3) is 5.69 Å². The Labute approximate surface area is 197 Å². The van der Waals surface area contributed by atoms with Crippen LogP contribution >= 0.6 is 11.6 Å². The Balaban J connectivity index is 1.32. The molecular weight excluding hydrogens is 460 g/mol. The molecule has 4 rings (SSSR count). The summed E-state index contributed by atoms with van der Waals surface area (Å²) in [5, 5.41) is 7.70. The first-order chi connectivity index (χ1) is 15.9. The molecule has 1 amide bonds. The van der Waals surface area contributed by atoms with Crippen molar-refractivity contribution in [2.75, 3.05) is 11.3 Å². The maximum atomic E-state index is 12.5. The zero-order valence-corrected chi connectivity index (χ0v) is 19.1. The minimum absolute atomic E-state index is 0.0577. The van der Waals surface area contributed by atoms with Crippen LogP contribution in [0, 0.1) is 0 Å². The van der Waals surface area contributed by atoms with Gasteiger partial charge in [0.25, 0.3) is 15.9 Å². The molecule has 9 heteroatoms. The molecule has 0 aliphatic heterocycles. The van der Waals surface area contributed by atoms with Crippen LogP contribution in [0.4, 0.5) is 5.69 Å². The Kier molecular flexibility index (Phi) is 6.76. The molecule has 1 heterocycles. The summed E-state index contributed by atoms with van der Waals surface area (Å²) in [4.78, 5) is 12.5. The number of nitrogens with zero attached hydrogens (tertiary/aromatic N) is 2. The Morgan fingerprint density at radius 1 is 0.939 bits per heavy atom. The monoisotopic (exact) mass is 480 g/mol. The van der Waals surface area contributed by atoms with E-state index in [-0.39, 0.29) is 10.8 Å². The van der Waals surface area contributed by atoms with E-state index in [0.29, 0.717) is 29.2 Å². The van der Waals surface area contributed by atoms with Gasteiger partial charge in [0.2, 0.25) is 0 Å². The highest BCUT2D eigenvalue weighted by molar-refractivity contribution is 7.92. The van der Waals surface area contributed by atoms with Gasteiger partial charge in [-0.1, -0.05) is 29.8 Å². The summed E-state index contributed by atoms with van der Waals surface area (Å²) in [6, 6.07) is 21.9. The van der Waals surface area contributed by atoms with Crippen LogP contribution in [0.5, 0.6) is 0 Å². The molecule has 0 fully saturated rings. The second-order valence-electron chi connectivity index (χ2n) is 7.27. The highest BCUT2D eigenvalue weighted by atomic mass is 35.5. The molecule has 0 radical (unpaired) electrons. The van der Waals surface area contributed by atoms with Gasteiger partial charge in [0.15, 0.2) is 0 Å². The Morgan fingerprint density at radius 3 is 2.33 bits per heavy atom. The molecule has 0 aliphatic rings. The van der Waals surface area contributed by atoms with E-state index in [1.807, 2.05) is 36.5 Å². The first-order valence-electron chi connectivity index (χ1n) is 10.2. The fourth-order valence-corrected chi connectivity index (χ4v) is 4.34. The van der Waals surface area contributed by atoms with Crippen molar-refractivity contribution in [1.29, 1.82) is 0 Å². The van der Waals surface area contributed by atoms with Gasteiger partial charge in [-0.3, -0.25) is 9.52 Å². The van der Waals surface area contributed by atoms with E-state index in [1.54, 1.807) is 35.1 Å². The SMILES string of the molecule is O=C(NCCc1cnn(-c2ccccc2)c1)c1ccc(S(=O)(=O)Nc2ccc(Cl)cc2)cc1. The summed E-state index contributed by atoms with van der Waals surface area (Å²) in [7, 11) is -3.78. The maximum Gasteiger partial charge on any atom is 0.261 e. The highest BCUT2D eigenvalue weighted by Crippen LogP contribution is 2.19. The van der Waals surface area contributed by atoms with Gasteiger partial charge in [-0.05, 0) is 72.6 Å². The third kappa shape index (κ3) is 5.79. The van der Waals surface area contributed by atoms with Crippen LogP contribution in [0.15, 0.2) is 96.2 Å². The number of aromatic nitrogens is 2. The Morgan fingerprint density at radius 2 is 1.64 bits per heavy atom. The summed E-state index contributed by atoms with van der Waals surface area (Å²) < 4.78 is 29.4. The predicted octanol–water partition coefficient (Wildman–Crippen LogP) is 4.30. The van der Waals surface area contributed by atoms with Crippen molar-refractivity contribution in [3.63, 3.8) is 0 Å². The predicted molar refractivity (Wildman–Crippen MR) is 128 cm³/mol. The summed E-state index contributed by atoms with van der Waals surface area (Å²) in [6.45, 7) is 0.428. The molecule has 33 heavy (non-hydrogen) atoms. The fraction of sp³-hybridized carbons (Fsp3) is 0.0833. The van der Waals surface area contributed by atoms with Crippen LogP contribution in [0.3, 0.4) is 0 Å². The van der Waals surface area contributed by atoms with Crippen molar-refractivity contribution in [3.8, 4) is 5.69 Å². The first-order valence-corrected chi connectivity index (χ1v) is 12.0. The van der Waals surface area contributed by atoms with E-state index < -0.39 is 10.0 Å². The minimum Gasteiger partial charge on any atom is -0.352 e. The Hall–Kier alpha value is -3.62. The van der Waals surface area contributed by atoms with Crippen molar-refractivity contribution in [1.82, 2.24) is 15.1 Å². The minimum atomic E-state index is -3.78. The van der Waals surface area contributed by atoms with Gasteiger partial charge < -0.3 is 5.32 Å². The van der Waals surface area contributed by atoms with Gasteiger partial charge in [-0.15, -0.1) is 0 Å². The number of hydrogen-bond donors (Lipinski definition) is 2. The number of sulfonamides is 1. The van der Waals surface area contributed by atoms with Crippen LogP contribution in [-0.2, 0) is 16.4 Å². The molecule has 1 aromatic heterocycles. The van der Waals surface area contributed by atoms with Gasteiger partial charge in [-0.25, -0.2) is 13.1 Å². The van der Waals surface area contributed by atoms with Gasteiger partial charge in [0, 0.05) is 29.0 Å². The number of amides is 1. The van der Waals surface area contributed by atoms with Crippen molar-refractivity contribution < 1.29 is 13.2 Å². The summed E-state index contributed by atoms with van der Waals surface area (Å²) >= 11 is 5.83. The smallest absolute Gasteiger partial charge is 0.261 e. The molecular formula is C24H21ClN4O3S. The molecule has 0 saturated heterocycles. The number of benzene rings is 3. The molecule has 0 spiro atoms. The molecule has 4 aromatic rings. The molecule has 0 atom stereocenters. The lowest BCUT2D eigenvalue weighted by Crippen LogP contribution is -2.25. The summed E-state index contributed by atoms with van der Waals surface area (Å²) in [5.41, 5.74) is 2.74. The van der Waals surface area contributed by atoms with E-state index >= 15 is 0 Å². The standard InChI is InChI=1S/C24H21ClN4O3S/c25-20-8-10-21(11-9-20)28-33(31,32)23-12-6-19(7-13-23)24(30)26-15-14-18-16-27-29(17-18)22-4-2-1-3-5-22/h1-13,16-17,28H,14-15H2,(H,26,30). The number of anilines is 1. The molecule has 0 bridgehead atoms. The van der Waals surface area contributed by atoms with Gasteiger partial charge in [-0.2, -0.15) is 5.10 Å². The lowest BCUT2D eigenvalue weighted by atomic mass is 10.2. The number of carbonyl (C=O) groups is 1. The zero-order valence-electron chi connectivity index (χ0n) is 17.5. The van der Waals surface area contributed by atoms with Gasteiger partial charge >= 0.3 is 0 Å². The molecule has 3 aromatic carbocycles. The zero-order chi connectivity index (χ0) is 23.3. The van der Waals surface area contributed by atoms with Crippen molar-refractivity contribution in [2.24, 2.45) is 0 Å². The lowest BCUT2D eigenvalue weighted by Gasteiger charge is -2.09. The molecule has 0 unspecified atom stereocenters. The number of rotatable bonds is 8. The largest absolute Gasteiger partial charge is 0.352 e. The third-order valence-corrected chi connectivity index (χ3v) is 6.53. The number of halogens is 1. The highest BCUT2D eigenvalue weighted by Gasteiger charge is 2.15. The van der Waals surface area contributed by atoms with Crippen molar-refractivity contribution in [3.05, 3.63) is 107 Å². The third-order valence-electron chi connectivity index (χ3n) is 4.88. The van der Waals surface area contributed by atoms with Crippen LogP contribution in [0.1, 0.15) is 15.9 Å². The molecule has 168 valence electrons. The van der Waals surface area contributed by atoms with Gasteiger partial charge in [0.05, 0.1) is 16.8 Å². The molecule has 2 N–H and O–H groups in total. The number of carbonyl (C=O) groups excluding carboxylic acids is 1. The normalized spacial score (nSPS) is 11.2. The number of para-hydroxylation sites is 1. The van der Waals surface area contributed by atoms with E-state index in [1.165, 1.54) is 24.3 Å². The molecule has 7 nitrogen and oxygen atoms in total. The number of hydrogen-bond acceptors (Lipinski definition) is 4. The molecule has 0 aliphatic carbocycles. The van der Waals surface area contributed by atoms with E-state index in [9.17, 15) is 13.2 Å². The van der Waals surface area contributed by atoms with E-state index in [2.05, 4.69) is 15.1 Å². The lowest BCUT2D eigenvalue weighted by molar-refractivity contribution is 0.0954. The number of nitrogens with one attached hydrogen (secondary N) is 2. The van der Waals surface area contributed by atoms with Gasteiger partial charge in [0.1, 0.15) is 0 Å². The average molecular weight is 481 g/mol. The van der Waals surface area contributed by atoms with E-state index in [0.717, 1.165) is 11.3 Å². The second kappa shape index (κ2) is 9.89. The second-order valence-corrected chi connectivity index (χ2v) is 9.39. The van der Waals surface area contributed by atoms with Crippen LogP contribution < -0.4 is 10.0 Å². The fourth-order valence-electron chi connectivity index (χ4n) is 3.15. The quantitative estimate of drug-likeness (QED) is 0.393. The molecule has 0 saturated carbocycles. The maximum absolute atomic E-state index is 12.5. The summed E-state index contributed by atoms with van der Waals surface area (Å²) in [6.07, 6.45) is 4.32. The first kappa shape index (κ1) is 22.6. The Bertz CT molecular complexity index is 1340. The average Bonchev–Trinajstić information content (AvgIpc) is 3.30. The van der Waals surface area contributed by atoms with Crippen molar-refractivity contribution in [2.45, 2.75) is 11.3 Å².